The van der Waals surface area contributed by atoms with Crippen LogP contribution >= 0.6 is 49.6 Å². The summed E-state index contributed by atoms with van der Waals surface area (Å²) in [7, 11) is 2.04. The Labute approximate surface area is 127 Å². The van der Waals surface area contributed by atoms with E-state index in [4.69, 9.17) is 0 Å². The molecule has 0 aromatic carbocycles. The summed E-state index contributed by atoms with van der Waals surface area (Å²) in [6, 6.07) is 0. The van der Waals surface area contributed by atoms with E-state index in [1.807, 2.05) is 7.05 Å². The van der Waals surface area contributed by atoms with Crippen LogP contribution in [-0.2, 0) is 30.7 Å². The fraction of sp³-hybridized carbons (Fsp3) is 0.625. The Morgan fingerprint density at radius 3 is 1.87 bits per heavy atom. The summed E-state index contributed by atoms with van der Waals surface area (Å²) in [5.74, 6) is 0.729. The predicted octanol–water partition coefficient (Wildman–Crippen LogP) is 2.65. The Morgan fingerprint density at radius 2 is 1.60 bits per heavy atom. The minimum atomic E-state index is 0. The maximum atomic E-state index is 2.22. The van der Waals surface area contributed by atoms with Crippen molar-refractivity contribution < 1.29 is 21.6 Å². The summed E-state index contributed by atoms with van der Waals surface area (Å²) in [6.45, 7) is 5.56. The van der Waals surface area contributed by atoms with Crippen molar-refractivity contribution in [3.8, 4) is 0 Å². The molecule has 0 fully saturated rings. The number of nitrogens with zero attached hydrogens (tertiary/aromatic N) is 2. The molecule has 0 unspecified atom stereocenters. The quantitative estimate of drug-likeness (QED) is 0.578. The van der Waals surface area contributed by atoms with E-state index in [9.17, 15) is 0 Å². The SMILES string of the molecule is CC(C)C[n+]1ccn(C)c1.Cl.Cl.Cl.Cl.[Fe]. The molecular formula is C8H19Cl4FeN2+. The summed E-state index contributed by atoms with van der Waals surface area (Å²) in [6.07, 6.45) is 6.25. The van der Waals surface area contributed by atoms with Crippen LogP contribution in [0.1, 0.15) is 13.8 Å². The zero-order valence-electron chi connectivity index (χ0n) is 8.90. The monoisotopic (exact) mass is 339 g/mol. The van der Waals surface area contributed by atoms with E-state index in [2.05, 4.69) is 41.7 Å². The fourth-order valence-electron chi connectivity index (χ4n) is 1.03. The maximum Gasteiger partial charge on any atom is 0.243 e. The average molecular weight is 341 g/mol. The molecule has 0 aliphatic carbocycles. The molecule has 0 atom stereocenters. The third-order valence-corrected chi connectivity index (χ3v) is 1.40. The molecule has 7 heteroatoms. The van der Waals surface area contributed by atoms with Crippen LogP contribution in [0.3, 0.4) is 0 Å². The van der Waals surface area contributed by atoms with E-state index >= 15 is 0 Å². The van der Waals surface area contributed by atoms with Gasteiger partial charge in [0.1, 0.15) is 12.4 Å². The predicted molar refractivity (Wildman–Crippen MR) is 69.4 cm³/mol. The van der Waals surface area contributed by atoms with E-state index in [-0.39, 0.29) is 66.7 Å². The third-order valence-electron chi connectivity index (χ3n) is 1.40. The molecule has 0 N–H and O–H groups in total. The van der Waals surface area contributed by atoms with Gasteiger partial charge in [0.05, 0.1) is 13.6 Å². The Hall–Kier alpha value is 0.889. The van der Waals surface area contributed by atoms with Crippen molar-refractivity contribution in [3.63, 3.8) is 0 Å². The van der Waals surface area contributed by atoms with Gasteiger partial charge in [0.15, 0.2) is 0 Å². The second-order valence-electron chi connectivity index (χ2n) is 3.17. The molecule has 96 valence electrons. The van der Waals surface area contributed by atoms with Crippen molar-refractivity contribution in [3.05, 3.63) is 18.7 Å². The van der Waals surface area contributed by atoms with Crippen molar-refractivity contribution >= 4 is 49.6 Å². The van der Waals surface area contributed by atoms with Gasteiger partial charge in [-0.1, -0.05) is 13.8 Å². The molecule has 0 saturated carbocycles. The first-order chi connectivity index (χ1) is 4.68. The van der Waals surface area contributed by atoms with Crippen molar-refractivity contribution in [2.75, 3.05) is 0 Å². The number of rotatable bonds is 2. The average Bonchev–Trinajstić information content (AvgIpc) is 2.13. The number of halogens is 4. The molecule has 2 nitrogen and oxygen atoms in total. The summed E-state index contributed by atoms with van der Waals surface area (Å²) >= 11 is 0. The Balaban J connectivity index is -0.0000000667. The first-order valence-electron chi connectivity index (χ1n) is 3.69. The van der Waals surface area contributed by atoms with Gasteiger partial charge in [0.2, 0.25) is 6.33 Å². The first kappa shape index (κ1) is 29.7. The largest absolute Gasteiger partial charge is 0.243 e. The number of aryl methyl sites for hydroxylation is 1. The fourth-order valence-corrected chi connectivity index (χ4v) is 1.03. The zero-order chi connectivity index (χ0) is 7.56. The van der Waals surface area contributed by atoms with Crippen LogP contribution < -0.4 is 4.57 Å². The smallest absolute Gasteiger partial charge is 0.240 e. The van der Waals surface area contributed by atoms with Gasteiger partial charge in [-0.05, 0) is 5.92 Å². The van der Waals surface area contributed by atoms with Crippen LogP contribution in [0, 0.1) is 5.92 Å². The number of aromatic nitrogens is 2. The van der Waals surface area contributed by atoms with Crippen LogP contribution in [0.15, 0.2) is 18.7 Å². The summed E-state index contributed by atoms with van der Waals surface area (Å²) < 4.78 is 4.26. The van der Waals surface area contributed by atoms with Gasteiger partial charge >= 0.3 is 0 Å². The van der Waals surface area contributed by atoms with E-state index in [0.717, 1.165) is 12.5 Å². The van der Waals surface area contributed by atoms with Crippen molar-refractivity contribution in [2.24, 2.45) is 13.0 Å². The molecule has 0 aliphatic heterocycles. The Morgan fingerprint density at radius 1 is 1.13 bits per heavy atom. The van der Waals surface area contributed by atoms with Crippen LogP contribution in [0.25, 0.3) is 0 Å². The summed E-state index contributed by atoms with van der Waals surface area (Å²) in [5, 5.41) is 0. The molecule has 15 heavy (non-hydrogen) atoms. The normalized spacial score (nSPS) is 7.20. The van der Waals surface area contributed by atoms with E-state index < -0.39 is 0 Å². The number of imidazole rings is 1. The van der Waals surface area contributed by atoms with Gasteiger partial charge in [-0.2, -0.15) is 0 Å². The van der Waals surface area contributed by atoms with Gasteiger partial charge in [0, 0.05) is 17.1 Å². The summed E-state index contributed by atoms with van der Waals surface area (Å²) in [5.41, 5.74) is 0. The zero-order valence-corrected chi connectivity index (χ0v) is 13.3. The second kappa shape index (κ2) is 14.9. The van der Waals surface area contributed by atoms with Crippen molar-refractivity contribution in [1.29, 1.82) is 0 Å². The van der Waals surface area contributed by atoms with Gasteiger partial charge < -0.3 is 0 Å². The molecule has 0 spiro atoms. The van der Waals surface area contributed by atoms with Crippen molar-refractivity contribution in [2.45, 2.75) is 20.4 Å². The van der Waals surface area contributed by atoms with Gasteiger partial charge in [-0.25, -0.2) is 9.13 Å². The first-order valence-corrected chi connectivity index (χ1v) is 3.69. The van der Waals surface area contributed by atoms with Gasteiger partial charge in [-0.15, -0.1) is 49.6 Å². The van der Waals surface area contributed by atoms with Crippen LogP contribution in [0.5, 0.6) is 0 Å². The summed E-state index contributed by atoms with van der Waals surface area (Å²) in [4.78, 5) is 0. The molecule has 1 heterocycles. The molecule has 1 rings (SSSR count). The minimum absolute atomic E-state index is 0. The molecule has 0 aliphatic rings. The van der Waals surface area contributed by atoms with Crippen LogP contribution in [0.4, 0.5) is 0 Å². The topological polar surface area (TPSA) is 8.81 Å². The van der Waals surface area contributed by atoms with E-state index in [1.165, 1.54) is 0 Å². The molecule has 1 aromatic rings. The van der Waals surface area contributed by atoms with E-state index in [0.29, 0.717) is 0 Å². The van der Waals surface area contributed by atoms with E-state index in [1.54, 1.807) is 0 Å². The standard InChI is InChI=1S/C8H15N2.4ClH.Fe/c1-8(2)6-10-5-4-9(3)7-10;;;;;/h4-5,7-8H,6H2,1-3H3;4*1H;/q+1;;;;;. The third kappa shape index (κ3) is 12.8. The number of hydrogen-bond acceptors (Lipinski definition) is 0. The molecule has 0 bridgehead atoms. The van der Waals surface area contributed by atoms with Crippen LogP contribution in [-0.4, -0.2) is 4.57 Å². The van der Waals surface area contributed by atoms with Gasteiger partial charge in [-0.3, -0.25) is 0 Å². The van der Waals surface area contributed by atoms with Crippen LogP contribution in [0.2, 0.25) is 0 Å². The molecule has 0 saturated heterocycles. The molecule has 1 aromatic heterocycles. The number of hydrogen-bond donors (Lipinski definition) is 0. The molecule has 0 radical (unpaired) electrons. The van der Waals surface area contributed by atoms with Gasteiger partial charge in [0.25, 0.3) is 0 Å². The van der Waals surface area contributed by atoms with Crippen molar-refractivity contribution in [1.82, 2.24) is 4.57 Å². The molecular weight excluding hydrogens is 322 g/mol. The molecule has 0 amide bonds. The Kier molecular flexibility index (Phi) is 29.5. The Bertz CT molecular complexity index is 218. The maximum absolute atomic E-state index is 2.22. The minimum Gasteiger partial charge on any atom is -0.240 e. The second-order valence-corrected chi connectivity index (χ2v) is 3.17.